The van der Waals surface area contributed by atoms with Crippen LogP contribution in [0, 0.1) is 0 Å². The standard InChI is InChI=1S/C20H16F2N2O7/c1-11(24-14-4-2-3-5-15(14)31-20(24)28)18(27)29-10-16(25)23-17(26)12-6-8-13(9-7-12)30-19(21)22/h2-9,11,19H,10H2,1H3,(H,23,25,26). The number of para-hydroxylation sites is 2. The Morgan fingerprint density at radius 1 is 1.10 bits per heavy atom. The first kappa shape index (κ1) is 21.7. The Hall–Kier alpha value is -4.02. The van der Waals surface area contributed by atoms with E-state index in [1.165, 1.54) is 19.1 Å². The van der Waals surface area contributed by atoms with E-state index in [4.69, 9.17) is 9.15 Å². The van der Waals surface area contributed by atoms with Crippen molar-refractivity contribution in [2.24, 2.45) is 0 Å². The largest absolute Gasteiger partial charge is 0.454 e. The number of amides is 2. The van der Waals surface area contributed by atoms with Crippen molar-refractivity contribution in [3.05, 3.63) is 64.6 Å². The maximum Gasteiger partial charge on any atom is 0.420 e. The molecular weight excluding hydrogens is 418 g/mol. The third-order valence-corrected chi connectivity index (χ3v) is 4.19. The molecular formula is C20H16F2N2O7. The highest BCUT2D eigenvalue weighted by molar-refractivity contribution is 6.05. The number of ether oxygens (including phenoxy) is 2. The quantitative estimate of drug-likeness (QED) is 0.567. The molecule has 31 heavy (non-hydrogen) atoms. The SMILES string of the molecule is CC(C(=O)OCC(=O)NC(=O)c1ccc(OC(F)F)cc1)n1c(=O)oc2ccccc21. The van der Waals surface area contributed by atoms with Gasteiger partial charge < -0.3 is 13.9 Å². The average molecular weight is 434 g/mol. The Labute approximate surface area is 173 Å². The van der Waals surface area contributed by atoms with Crippen molar-refractivity contribution in [1.29, 1.82) is 0 Å². The van der Waals surface area contributed by atoms with Crippen LogP contribution < -0.4 is 15.8 Å². The maximum atomic E-state index is 12.3. The van der Waals surface area contributed by atoms with Crippen LogP contribution in [-0.4, -0.2) is 35.6 Å². The molecule has 0 bridgehead atoms. The number of hydrogen-bond donors (Lipinski definition) is 1. The van der Waals surface area contributed by atoms with Crippen molar-refractivity contribution in [2.75, 3.05) is 6.61 Å². The number of oxazole rings is 1. The second-order valence-corrected chi connectivity index (χ2v) is 6.27. The van der Waals surface area contributed by atoms with E-state index in [0.29, 0.717) is 11.1 Å². The van der Waals surface area contributed by atoms with Gasteiger partial charge in [-0.15, -0.1) is 0 Å². The summed E-state index contributed by atoms with van der Waals surface area (Å²) in [5.74, 6) is -3.53. The number of halogens is 2. The first-order valence-electron chi connectivity index (χ1n) is 8.92. The van der Waals surface area contributed by atoms with Crippen molar-refractivity contribution >= 4 is 28.9 Å². The lowest BCUT2D eigenvalue weighted by Gasteiger charge is -2.12. The van der Waals surface area contributed by atoms with Crippen molar-refractivity contribution in [3.63, 3.8) is 0 Å². The predicted octanol–water partition coefficient (Wildman–Crippen LogP) is 2.26. The van der Waals surface area contributed by atoms with Crippen LogP contribution >= 0.6 is 0 Å². The zero-order chi connectivity index (χ0) is 22.5. The van der Waals surface area contributed by atoms with Crippen LogP contribution in [0.3, 0.4) is 0 Å². The van der Waals surface area contributed by atoms with Crippen molar-refractivity contribution in [2.45, 2.75) is 19.6 Å². The molecule has 3 rings (SSSR count). The summed E-state index contributed by atoms with van der Waals surface area (Å²) in [5, 5.41) is 2.00. The third-order valence-electron chi connectivity index (χ3n) is 4.19. The number of carbonyl (C=O) groups is 3. The number of nitrogens with one attached hydrogen (secondary N) is 1. The first-order valence-corrected chi connectivity index (χ1v) is 8.92. The molecule has 1 N–H and O–H groups in total. The molecule has 0 aliphatic heterocycles. The number of rotatable bonds is 7. The molecule has 2 aromatic carbocycles. The number of hydrogen-bond acceptors (Lipinski definition) is 7. The lowest BCUT2D eigenvalue weighted by Crippen LogP contribution is -2.35. The molecule has 1 unspecified atom stereocenters. The molecule has 9 nitrogen and oxygen atoms in total. The highest BCUT2D eigenvalue weighted by atomic mass is 19.3. The van der Waals surface area contributed by atoms with Gasteiger partial charge >= 0.3 is 18.3 Å². The van der Waals surface area contributed by atoms with Gasteiger partial charge in [0, 0.05) is 5.56 Å². The minimum Gasteiger partial charge on any atom is -0.454 e. The molecule has 11 heteroatoms. The molecule has 0 aliphatic carbocycles. The summed E-state index contributed by atoms with van der Waals surface area (Å²) < 4.78 is 39.5. The zero-order valence-corrected chi connectivity index (χ0v) is 16.0. The number of esters is 1. The summed E-state index contributed by atoms with van der Waals surface area (Å²) in [7, 11) is 0. The molecule has 162 valence electrons. The second kappa shape index (κ2) is 9.20. The normalized spacial score (nSPS) is 11.9. The minimum atomic E-state index is -3.01. The lowest BCUT2D eigenvalue weighted by atomic mass is 10.2. The Morgan fingerprint density at radius 2 is 1.77 bits per heavy atom. The van der Waals surface area contributed by atoms with Gasteiger partial charge in [-0.3, -0.25) is 19.5 Å². The van der Waals surface area contributed by atoms with Gasteiger partial charge in [-0.05, 0) is 43.3 Å². The molecule has 0 aliphatic rings. The van der Waals surface area contributed by atoms with Crippen LogP contribution in [0.25, 0.3) is 11.1 Å². The molecule has 0 saturated heterocycles. The van der Waals surface area contributed by atoms with Gasteiger partial charge in [0.1, 0.15) is 11.8 Å². The Balaban J connectivity index is 1.56. The van der Waals surface area contributed by atoms with E-state index in [2.05, 4.69) is 4.74 Å². The molecule has 3 aromatic rings. The fourth-order valence-electron chi connectivity index (χ4n) is 2.74. The van der Waals surface area contributed by atoms with E-state index >= 15 is 0 Å². The molecule has 0 radical (unpaired) electrons. The Bertz CT molecular complexity index is 1170. The van der Waals surface area contributed by atoms with Gasteiger partial charge in [-0.2, -0.15) is 8.78 Å². The molecule has 0 saturated carbocycles. The maximum absolute atomic E-state index is 12.3. The van der Waals surface area contributed by atoms with Crippen LogP contribution in [0.4, 0.5) is 8.78 Å². The number of aromatic nitrogens is 1. The summed E-state index contributed by atoms with van der Waals surface area (Å²) in [4.78, 5) is 48.2. The van der Waals surface area contributed by atoms with E-state index in [1.807, 2.05) is 5.32 Å². The minimum absolute atomic E-state index is 0.00563. The summed E-state index contributed by atoms with van der Waals surface area (Å²) in [6.45, 7) is -2.38. The highest BCUT2D eigenvalue weighted by Crippen LogP contribution is 2.17. The van der Waals surface area contributed by atoms with Gasteiger partial charge in [-0.25, -0.2) is 9.59 Å². The highest BCUT2D eigenvalue weighted by Gasteiger charge is 2.23. The second-order valence-electron chi connectivity index (χ2n) is 6.27. The van der Waals surface area contributed by atoms with E-state index in [0.717, 1.165) is 16.7 Å². The summed E-state index contributed by atoms with van der Waals surface area (Å²) >= 11 is 0. The number of benzene rings is 2. The van der Waals surface area contributed by atoms with Crippen molar-refractivity contribution in [1.82, 2.24) is 9.88 Å². The summed E-state index contributed by atoms with van der Waals surface area (Å²) in [6.07, 6.45) is 0. The number of imide groups is 1. The van der Waals surface area contributed by atoms with Gasteiger partial charge in [0.2, 0.25) is 0 Å². The van der Waals surface area contributed by atoms with Gasteiger partial charge in [-0.1, -0.05) is 12.1 Å². The lowest BCUT2D eigenvalue weighted by molar-refractivity contribution is -0.151. The van der Waals surface area contributed by atoms with Crippen LogP contribution in [0.15, 0.2) is 57.7 Å². The Kier molecular flexibility index (Phi) is 6.43. The van der Waals surface area contributed by atoms with Gasteiger partial charge in [0.25, 0.3) is 11.8 Å². The number of nitrogens with zero attached hydrogens (tertiary/aromatic N) is 1. The van der Waals surface area contributed by atoms with Crippen molar-refractivity contribution < 1.29 is 37.1 Å². The Morgan fingerprint density at radius 3 is 2.45 bits per heavy atom. The van der Waals surface area contributed by atoms with Crippen LogP contribution in [0.1, 0.15) is 23.3 Å². The van der Waals surface area contributed by atoms with E-state index in [-0.39, 0.29) is 11.3 Å². The average Bonchev–Trinajstić information content (AvgIpc) is 3.07. The number of carbonyl (C=O) groups excluding carboxylic acids is 3. The smallest absolute Gasteiger partial charge is 0.420 e. The topological polar surface area (TPSA) is 117 Å². The first-order chi connectivity index (χ1) is 14.8. The fraction of sp³-hybridized carbons (Fsp3) is 0.200. The predicted molar refractivity (Wildman–Crippen MR) is 102 cm³/mol. The number of alkyl halides is 2. The summed E-state index contributed by atoms with van der Waals surface area (Å²) in [6, 6.07) is 10.1. The third kappa shape index (κ3) is 5.13. The molecule has 0 spiro atoms. The molecule has 1 atom stereocenters. The van der Waals surface area contributed by atoms with Gasteiger partial charge in [0.05, 0.1) is 5.52 Å². The molecule has 1 aromatic heterocycles. The summed E-state index contributed by atoms with van der Waals surface area (Å²) in [5.41, 5.74) is 0.683. The van der Waals surface area contributed by atoms with Crippen LogP contribution in [0.2, 0.25) is 0 Å². The van der Waals surface area contributed by atoms with Crippen LogP contribution in [-0.2, 0) is 14.3 Å². The van der Waals surface area contributed by atoms with E-state index in [1.54, 1.807) is 24.3 Å². The molecule has 0 fully saturated rings. The fourth-order valence-corrected chi connectivity index (χ4v) is 2.74. The van der Waals surface area contributed by atoms with E-state index < -0.39 is 42.8 Å². The van der Waals surface area contributed by atoms with Gasteiger partial charge in [0.15, 0.2) is 12.2 Å². The van der Waals surface area contributed by atoms with Crippen LogP contribution in [0.5, 0.6) is 5.75 Å². The molecule has 1 heterocycles. The number of fused-ring (bicyclic) bond motifs is 1. The molecule has 2 amide bonds. The zero-order valence-electron chi connectivity index (χ0n) is 16.0. The van der Waals surface area contributed by atoms with E-state index in [9.17, 15) is 28.0 Å². The monoisotopic (exact) mass is 434 g/mol. The van der Waals surface area contributed by atoms with Crippen molar-refractivity contribution in [3.8, 4) is 5.75 Å².